The molecule has 0 saturated carbocycles. The van der Waals surface area contributed by atoms with Crippen molar-refractivity contribution in [3.63, 3.8) is 0 Å². The van der Waals surface area contributed by atoms with Crippen LogP contribution >= 0.6 is 15.9 Å². The maximum atomic E-state index is 12.1. The summed E-state index contributed by atoms with van der Waals surface area (Å²) in [5, 5.41) is 15.7. The third kappa shape index (κ3) is 4.47. The fourth-order valence-corrected chi connectivity index (χ4v) is 3.77. The number of nitrogens with zero attached hydrogens (tertiary/aromatic N) is 3. The number of nitrogens with one attached hydrogen (secondary N) is 1. The van der Waals surface area contributed by atoms with Gasteiger partial charge in [0.25, 0.3) is 10.0 Å². The van der Waals surface area contributed by atoms with E-state index in [0.29, 0.717) is 0 Å². The first kappa shape index (κ1) is 17.5. The lowest BCUT2D eigenvalue weighted by Gasteiger charge is -2.14. The fraction of sp³-hybridized carbons (Fsp3) is 0.556. The lowest BCUT2D eigenvalue weighted by molar-refractivity contribution is -0.142. The van der Waals surface area contributed by atoms with Gasteiger partial charge in [-0.05, 0) is 22.4 Å². The second-order valence-electron chi connectivity index (χ2n) is 3.94. The number of aromatic nitrogens is 3. The summed E-state index contributed by atoms with van der Waals surface area (Å²) in [6.07, 6.45) is -0.481. The summed E-state index contributed by atoms with van der Waals surface area (Å²) < 4.78 is 31.6. The lowest BCUT2D eigenvalue weighted by Crippen LogP contribution is -2.41. The van der Waals surface area contributed by atoms with Crippen LogP contribution in [-0.4, -0.2) is 53.6 Å². The topological polar surface area (TPSA) is 140 Å². The molecule has 12 heteroatoms. The van der Waals surface area contributed by atoms with Gasteiger partial charge in [-0.15, -0.1) is 5.10 Å². The first-order valence-electron chi connectivity index (χ1n) is 5.56. The molecule has 1 rings (SSSR count). The zero-order chi connectivity index (χ0) is 16.2. The monoisotopic (exact) mass is 384 g/mol. The molecule has 0 spiro atoms. The largest absolute Gasteiger partial charge is 0.480 e. The molecule has 10 nitrogen and oxygen atoms in total. The summed E-state index contributed by atoms with van der Waals surface area (Å²) >= 11 is 2.92. The Kier molecular flexibility index (Phi) is 5.80. The van der Waals surface area contributed by atoms with Crippen molar-refractivity contribution in [3.05, 3.63) is 4.60 Å². The van der Waals surface area contributed by atoms with Gasteiger partial charge < -0.3 is 9.84 Å². The van der Waals surface area contributed by atoms with Crippen LogP contribution in [0.2, 0.25) is 0 Å². The average molecular weight is 385 g/mol. The quantitative estimate of drug-likeness (QED) is 0.585. The van der Waals surface area contributed by atoms with Gasteiger partial charge in [-0.3, -0.25) is 9.59 Å². The Morgan fingerprint density at radius 3 is 2.57 bits per heavy atom. The molecular formula is C9H13BrN4O6S. The summed E-state index contributed by atoms with van der Waals surface area (Å²) in [6.45, 7) is 0. The molecule has 1 heterocycles. The Hall–Kier alpha value is -1.53. The van der Waals surface area contributed by atoms with Crippen LogP contribution in [0.1, 0.15) is 12.8 Å². The predicted molar refractivity (Wildman–Crippen MR) is 71.7 cm³/mol. The van der Waals surface area contributed by atoms with E-state index in [9.17, 15) is 18.0 Å². The molecule has 118 valence electrons. The van der Waals surface area contributed by atoms with E-state index in [1.807, 2.05) is 4.72 Å². The summed E-state index contributed by atoms with van der Waals surface area (Å²) in [5.74, 6) is -2.04. The molecule has 0 aliphatic heterocycles. The number of carbonyl (C=O) groups is 2. The first-order valence-corrected chi connectivity index (χ1v) is 7.83. The highest BCUT2D eigenvalue weighted by atomic mass is 79.9. The maximum Gasteiger partial charge on any atom is 0.321 e. The van der Waals surface area contributed by atoms with Crippen LogP contribution in [0, 0.1) is 0 Å². The highest BCUT2D eigenvalue weighted by molar-refractivity contribution is 9.10. The number of sulfonamides is 1. The number of aliphatic carboxylic acids is 1. The Balaban J connectivity index is 2.93. The van der Waals surface area contributed by atoms with Gasteiger partial charge >= 0.3 is 11.9 Å². The summed E-state index contributed by atoms with van der Waals surface area (Å²) in [6, 6.07) is -1.48. The standard InChI is InChI=1S/C9H13BrN4O6S/c1-14-8(7(10)11-13-14)21(18,19)12-5(9(16)17)3-4-6(15)20-2/h5,12H,3-4H2,1-2H3,(H,16,17). The number of carboxylic acids is 1. The number of hydrogen-bond donors (Lipinski definition) is 2. The van der Waals surface area contributed by atoms with Gasteiger partial charge in [0, 0.05) is 13.5 Å². The molecule has 21 heavy (non-hydrogen) atoms. The number of halogens is 1. The van der Waals surface area contributed by atoms with E-state index in [4.69, 9.17) is 5.11 Å². The minimum absolute atomic E-state index is 0.0467. The lowest BCUT2D eigenvalue weighted by atomic mass is 10.2. The van der Waals surface area contributed by atoms with E-state index in [1.54, 1.807) is 0 Å². The maximum absolute atomic E-state index is 12.1. The van der Waals surface area contributed by atoms with Crippen molar-refractivity contribution in [2.75, 3.05) is 7.11 Å². The third-order valence-corrected chi connectivity index (χ3v) is 4.81. The minimum Gasteiger partial charge on any atom is -0.480 e. The van der Waals surface area contributed by atoms with E-state index < -0.39 is 28.0 Å². The van der Waals surface area contributed by atoms with Crippen LogP contribution in [0.4, 0.5) is 0 Å². The Morgan fingerprint density at radius 2 is 2.14 bits per heavy atom. The molecule has 0 saturated heterocycles. The number of rotatable bonds is 7. The van der Waals surface area contributed by atoms with Gasteiger partial charge in [0.1, 0.15) is 6.04 Å². The molecule has 0 bridgehead atoms. The Bertz CT molecular complexity index is 623. The van der Waals surface area contributed by atoms with Gasteiger partial charge in [-0.2, -0.15) is 4.72 Å². The molecule has 0 radical (unpaired) electrons. The SMILES string of the molecule is COC(=O)CCC(NS(=O)(=O)c1c(Br)nnn1C)C(=O)O. The molecule has 1 aromatic heterocycles. The molecule has 1 unspecified atom stereocenters. The first-order chi connectivity index (χ1) is 9.69. The van der Waals surface area contributed by atoms with E-state index in [0.717, 1.165) is 11.8 Å². The Morgan fingerprint density at radius 1 is 1.52 bits per heavy atom. The van der Waals surface area contributed by atoms with Crippen LogP contribution in [0.25, 0.3) is 0 Å². The predicted octanol–water partition coefficient (Wildman–Crippen LogP) is -0.738. The number of aryl methyl sites for hydroxylation is 1. The molecule has 1 aromatic rings. The van der Waals surface area contributed by atoms with E-state index in [-0.39, 0.29) is 22.5 Å². The van der Waals surface area contributed by atoms with Crippen molar-refractivity contribution in [3.8, 4) is 0 Å². The number of carbonyl (C=O) groups excluding carboxylic acids is 1. The molecular weight excluding hydrogens is 372 g/mol. The summed E-state index contributed by atoms with van der Waals surface area (Å²) in [7, 11) is -1.67. The van der Waals surface area contributed by atoms with Crippen LogP contribution in [0.3, 0.4) is 0 Å². The molecule has 0 aromatic carbocycles. The second kappa shape index (κ2) is 6.95. The van der Waals surface area contributed by atoms with Crippen molar-refractivity contribution in [1.29, 1.82) is 0 Å². The van der Waals surface area contributed by atoms with Gasteiger partial charge in [0.05, 0.1) is 7.11 Å². The van der Waals surface area contributed by atoms with Gasteiger partial charge in [-0.1, -0.05) is 5.21 Å². The van der Waals surface area contributed by atoms with Crippen LogP contribution in [-0.2, 0) is 31.4 Å². The molecule has 0 aliphatic carbocycles. The third-order valence-electron chi connectivity index (χ3n) is 2.45. The summed E-state index contributed by atoms with van der Waals surface area (Å²) in [5.41, 5.74) is 0. The number of ether oxygens (including phenoxy) is 1. The van der Waals surface area contributed by atoms with Crippen LogP contribution < -0.4 is 4.72 Å². The number of carboxylic acid groups (broad SMARTS) is 1. The average Bonchev–Trinajstić information content (AvgIpc) is 2.73. The van der Waals surface area contributed by atoms with Gasteiger partial charge in [0.15, 0.2) is 4.60 Å². The molecule has 0 amide bonds. The molecule has 0 fully saturated rings. The van der Waals surface area contributed by atoms with Crippen molar-refractivity contribution in [2.24, 2.45) is 7.05 Å². The number of methoxy groups -OCH3 is 1. The van der Waals surface area contributed by atoms with E-state index in [2.05, 4.69) is 31.0 Å². The van der Waals surface area contributed by atoms with Crippen molar-refractivity contribution >= 4 is 37.9 Å². The highest BCUT2D eigenvalue weighted by Crippen LogP contribution is 2.18. The second-order valence-corrected chi connectivity index (χ2v) is 6.32. The number of hydrogen-bond acceptors (Lipinski definition) is 7. The number of esters is 1. The smallest absolute Gasteiger partial charge is 0.321 e. The fourth-order valence-electron chi connectivity index (χ4n) is 1.45. The van der Waals surface area contributed by atoms with Gasteiger partial charge in [-0.25, -0.2) is 13.1 Å². The zero-order valence-corrected chi connectivity index (χ0v) is 13.5. The minimum atomic E-state index is -4.17. The van der Waals surface area contributed by atoms with Gasteiger partial charge in [0.2, 0.25) is 5.03 Å². The highest BCUT2D eigenvalue weighted by Gasteiger charge is 2.30. The molecule has 2 N–H and O–H groups in total. The zero-order valence-electron chi connectivity index (χ0n) is 11.1. The Labute approximate surface area is 128 Å². The van der Waals surface area contributed by atoms with E-state index in [1.165, 1.54) is 7.05 Å². The summed E-state index contributed by atoms with van der Waals surface area (Å²) in [4.78, 5) is 22.1. The van der Waals surface area contributed by atoms with Crippen LogP contribution in [0.15, 0.2) is 9.63 Å². The van der Waals surface area contributed by atoms with Crippen molar-refractivity contribution < 1.29 is 27.9 Å². The molecule has 0 aliphatic rings. The van der Waals surface area contributed by atoms with Crippen LogP contribution in [0.5, 0.6) is 0 Å². The van der Waals surface area contributed by atoms with Crippen molar-refractivity contribution in [1.82, 2.24) is 19.7 Å². The molecule has 1 atom stereocenters. The van der Waals surface area contributed by atoms with Crippen molar-refractivity contribution in [2.45, 2.75) is 23.9 Å². The normalized spacial score (nSPS) is 12.9. The van der Waals surface area contributed by atoms with E-state index >= 15 is 0 Å².